The molecule has 1 aromatic heterocycles. The van der Waals surface area contributed by atoms with Gasteiger partial charge >= 0.3 is 5.69 Å². The summed E-state index contributed by atoms with van der Waals surface area (Å²) < 4.78 is 17.9. The maximum atomic E-state index is 15.0. The van der Waals surface area contributed by atoms with Gasteiger partial charge in [-0.1, -0.05) is 29.8 Å². The van der Waals surface area contributed by atoms with Crippen molar-refractivity contribution in [1.29, 1.82) is 0 Å². The second kappa shape index (κ2) is 10.1. The predicted octanol–water partition coefficient (Wildman–Crippen LogP) is 6.46. The highest BCUT2D eigenvalue weighted by Gasteiger charge is 2.46. The minimum absolute atomic E-state index is 0.0149. The van der Waals surface area contributed by atoms with Crippen molar-refractivity contribution in [2.24, 2.45) is 7.05 Å². The Bertz CT molecular complexity index is 1640. The zero-order chi connectivity index (χ0) is 28.2. The van der Waals surface area contributed by atoms with Crippen LogP contribution in [0.5, 0.6) is 5.75 Å². The molecular weight excluding hydrogens is 527 g/mol. The van der Waals surface area contributed by atoms with E-state index < -0.39 is 5.82 Å². The van der Waals surface area contributed by atoms with Gasteiger partial charge in [0.25, 0.3) is 0 Å². The van der Waals surface area contributed by atoms with Gasteiger partial charge in [-0.2, -0.15) is 0 Å². The number of halogens is 2. The molecule has 0 unspecified atom stereocenters. The van der Waals surface area contributed by atoms with Gasteiger partial charge in [0.2, 0.25) is 0 Å². The van der Waals surface area contributed by atoms with Gasteiger partial charge in [0, 0.05) is 60.9 Å². The summed E-state index contributed by atoms with van der Waals surface area (Å²) in [7, 11) is 1.67. The molecule has 40 heavy (non-hydrogen) atoms. The Morgan fingerprint density at radius 3 is 2.40 bits per heavy atom. The van der Waals surface area contributed by atoms with Crippen LogP contribution in [0.3, 0.4) is 0 Å². The molecule has 1 atom stereocenters. The largest absolute Gasteiger partial charge is 0.507 e. The fraction of sp³-hybridized carbons (Fsp3) is 0.344. The van der Waals surface area contributed by atoms with Crippen molar-refractivity contribution in [2.45, 2.75) is 44.7 Å². The average molecular weight is 561 g/mol. The standard InChI is InChI=1S/C32H34ClFN4O2/c1-21(2)38-12-5-10-32(38)11-13-36(20-32)25-7-4-6-22(16-25)26-18-24(34)19-27(30(26)39)23-8-9-29(28(33)17-23)37-15-14-35(3)31(37)40/h4,6-9,14-19,21,39H,5,10-13,20H2,1-3H3/t32-/m0/s1. The first-order valence-corrected chi connectivity index (χ1v) is 14.2. The van der Waals surface area contributed by atoms with Crippen molar-refractivity contribution in [3.8, 4) is 33.7 Å². The minimum Gasteiger partial charge on any atom is -0.507 e. The van der Waals surface area contributed by atoms with Gasteiger partial charge in [0.05, 0.1) is 10.7 Å². The summed E-state index contributed by atoms with van der Waals surface area (Å²) in [6.45, 7) is 7.66. The number of aryl methyl sites for hydroxylation is 1. The number of imidazole rings is 1. The van der Waals surface area contributed by atoms with E-state index in [0.717, 1.165) is 37.3 Å². The average Bonchev–Trinajstić information content (AvgIpc) is 3.65. The Labute approximate surface area is 238 Å². The molecule has 2 fully saturated rings. The third kappa shape index (κ3) is 4.51. The zero-order valence-corrected chi connectivity index (χ0v) is 23.8. The summed E-state index contributed by atoms with van der Waals surface area (Å²) in [5, 5.41) is 11.7. The lowest BCUT2D eigenvalue weighted by molar-refractivity contribution is 0.120. The molecule has 1 N–H and O–H groups in total. The van der Waals surface area contributed by atoms with Gasteiger partial charge < -0.3 is 14.6 Å². The molecule has 0 bridgehead atoms. The summed E-state index contributed by atoms with van der Waals surface area (Å²) in [6, 6.07) is 16.3. The van der Waals surface area contributed by atoms with E-state index in [0.29, 0.717) is 33.4 Å². The lowest BCUT2D eigenvalue weighted by atomic mass is 9.94. The zero-order valence-electron chi connectivity index (χ0n) is 23.1. The van der Waals surface area contributed by atoms with E-state index in [9.17, 15) is 14.3 Å². The third-order valence-electron chi connectivity index (χ3n) is 8.67. The van der Waals surface area contributed by atoms with Crippen molar-refractivity contribution >= 4 is 17.3 Å². The second-order valence-electron chi connectivity index (χ2n) is 11.4. The molecule has 3 heterocycles. The number of nitrogens with zero attached hydrogens (tertiary/aromatic N) is 4. The Morgan fingerprint density at radius 2 is 1.73 bits per heavy atom. The number of likely N-dealkylation sites (tertiary alicyclic amines) is 1. The van der Waals surface area contributed by atoms with Gasteiger partial charge in [-0.05, 0) is 87.2 Å². The number of aromatic nitrogens is 2. The molecule has 1 spiro atoms. The molecule has 0 amide bonds. The summed E-state index contributed by atoms with van der Waals surface area (Å²) in [6.07, 6.45) is 6.88. The molecule has 6 nitrogen and oxygen atoms in total. The Morgan fingerprint density at radius 1 is 0.975 bits per heavy atom. The van der Waals surface area contributed by atoms with Gasteiger partial charge in [0.15, 0.2) is 0 Å². The van der Waals surface area contributed by atoms with Crippen LogP contribution in [0.2, 0.25) is 5.02 Å². The quantitative estimate of drug-likeness (QED) is 0.304. The Hall–Kier alpha value is -3.55. The first kappa shape index (κ1) is 26.7. The number of benzene rings is 3. The lowest BCUT2D eigenvalue weighted by Gasteiger charge is -2.38. The smallest absolute Gasteiger partial charge is 0.332 e. The molecule has 2 aliphatic rings. The molecule has 0 radical (unpaired) electrons. The van der Waals surface area contributed by atoms with Gasteiger partial charge in [-0.25, -0.2) is 9.18 Å². The van der Waals surface area contributed by atoms with Crippen LogP contribution in [0.25, 0.3) is 27.9 Å². The SMILES string of the molecule is CC(C)N1CCC[C@@]12CCN(c1cccc(-c3cc(F)cc(-c4ccc(-n5ccn(C)c5=O)c(Cl)c4)c3O)c1)C2. The van der Waals surface area contributed by atoms with Crippen LogP contribution < -0.4 is 10.6 Å². The van der Waals surface area contributed by atoms with Crippen LogP contribution in [-0.4, -0.2) is 50.4 Å². The maximum absolute atomic E-state index is 15.0. The van der Waals surface area contributed by atoms with Crippen molar-refractivity contribution in [3.05, 3.63) is 88.3 Å². The number of hydrogen-bond acceptors (Lipinski definition) is 4. The Kier molecular flexibility index (Phi) is 6.75. The fourth-order valence-electron chi connectivity index (χ4n) is 6.71. The number of anilines is 1. The number of rotatable bonds is 5. The van der Waals surface area contributed by atoms with E-state index in [4.69, 9.17) is 11.6 Å². The van der Waals surface area contributed by atoms with E-state index >= 15 is 0 Å². The van der Waals surface area contributed by atoms with E-state index in [1.807, 2.05) is 18.2 Å². The molecular formula is C32H34ClFN4O2. The summed E-state index contributed by atoms with van der Waals surface area (Å²) in [4.78, 5) is 17.5. The number of hydrogen-bond donors (Lipinski definition) is 1. The highest BCUT2D eigenvalue weighted by Crippen LogP contribution is 2.43. The molecule has 208 valence electrons. The fourth-order valence-corrected chi connectivity index (χ4v) is 6.98. The van der Waals surface area contributed by atoms with Crippen LogP contribution in [0, 0.1) is 5.82 Å². The number of phenolic OH excluding ortho intramolecular Hbond substituents is 1. The molecule has 2 aliphatic heterocycles. The van der Waals surface area contributed by atoms with Crippen LogP contribution in [0.4, 0.5) is 10.1 Å². The van der Waals surface area contributed by atoms with Gasteiger partial charge in [-0.15, -0.1) is 0 Å². The van der Waals surface area contributed by atoms with Crippen LogP contribution in [0.15, 0.2) is 71.8 Å². The minimum atomic E-state index is -0.452. The normalized spacial score (nSPS) is 19.4. The molecule has 0 saturated carbocycles. The van der Waals surface area contributed by atoms with Crippen molar-refractivity contribution in [3.63, 3.8) is 0 Å². The monoisotopic (exact) mass is 560 g/mol. The summed E-state index contributed by atoms with van der Waals surface area (Å²) in [5.41, 5.74) is 3.67. The molecule has 2 saturated heterocycles. The molecule has 6 rings (SSSR count). The van der Waals surface area contributed by atoms with E-state index in [1.165, 1.54) is 34.1 Å². The van der Waals surface area contributed by atoms with E-state index in [2.05, 4.69) is 29.7 Å². The first-order chi connectivity index (χ1) is 19.2. The summed E-state index contributed by atoms with van der Waals surface area (Å²) in [5.74, 6) is -0.467. The number of aromatic hydroxyl groups is 1. The van der Waals surface area contributed by atoms with Crippen molar-refractivity contribution in [2.75, 3.05) is 24.5 Å². The molecule has 0 aliphatic carbocycles. The predicted molar refractivity (Wildman–Crippen MR) is 159 cm³/mol. The topological polar surface area (TPSA) is 53.6 Å². The lowest BCUT2D eigenvalue weighted by Crippen LogP contribution is -2.49. The van der Waals surface area contributed by atoms with Crippen LogP contribution in [-0.2, 0) is 7.05 Å². The molecule has 3 aromatic carbocycles. The van der Waals surface area contributed by atoms with Gasteiger partial charge in [-0.3, -0.25) is 9.47 Å². The third-order valence-corrected chi connectivity index (χ3v) is 8.97. The van der Waals surface area contributed by atoms with Gasteiger partial charge in [0.1, 0.15) is 11.6 Å². The summed E-state index contributed by atoms with van der Waals surface area (Å²) >= 11 is 6.57. The van der Waals surface area contributed by atoms with Crippen LogP contribution in [0.1, 0.15) is 33.1 Å². The maximum Gasteiger partial charge on any atom is 0.332 e. The first-order valence-electron chi connectivity index (χ1n) is 13.9. The van der Waals surface area contributed by atoms with E-state index in [-0.39, 0.29) is 17.0 Å². The highest BCUT2D eigenvalue weighted by molar-refractivity contribution is 6.32. The Balaban J connectivity index is 1.33. The number of phenols is 1. The molecule has 4 aromatic rings. The van der Waals surface area contributed by atoms with Crippen molar-refractivity contribution < 1.29 is 9.50 Å². The van der Waals surface area contributed by atoms with Crippen LogP contribution >= 0.6 is 11.6 Å². The second-order valence-corrected chi connectivity index (χ2v) is 11.8. The van der Waals surface area contributed by atoms with E-state index in [1.54, 1.807) is 37.6 Å². The highest BCUT2D eigenvalue weighted by atomic mass is 35.5. The van der Waals surface area contributed by atoms with Crippen molar-refractivity contribution in [1.82, 2.24) is 14.0 Å². The molecule has 8 heteroatoms.